The third-order valence-corrected chi connectivity index (χ3v) is 7.03. The zero-order valence-corrected chi connectivity index (χ0v) is 19.1. The van der Waals surface area contributed by atoms with Crippen LogP contribution in [0, 0.1) is 10.1 Å². The van der Waals surface area contributed by atoms with Crippen LogP contribution in [0.5, 0.6) is 0 Å². The van der Waals surface area contributed by atoms with E-state index in [1.807, 2.05) is 54.6 Å². The second kappa shape index (κ2) is 9.11. The highest BCUT2D eigenvalue weighted by atomic mass is 32.2. The number of carbonyl (C=O) groups excluding carboxylic acids is 1. The van der Waals surface area contributed by atoms with Gasteiger partial charge in [-0.1, -0.05) is 85.4 Å². The lowest BCUT2D eigenvalue weighted by Crippen LogP contribution is -2.39. The summed E-state index contributed by atoms with van der Waals surface area (Å²) in [7, 11) is 0. The molecule has 2 atom stereocenters. The van der Waals surface area contributed by atoms with Gasteiger partial charge in [0.15, 0.2) is 11.6 Å². The number of nitro benzene ring substituents is 1. The summed E-state index contributed by atoms with van der Waals surface area (Å²) < 4.78 is 1.76. The Morgan fingerprint density at radius 2 is 1.82 bits per heavy atom. The van der Waals surface area contributed by atoms with Crippen molar-refractivity contribution in [3.63, 3.8) is 0 Å². The summed E-state index contributed by atoms with van der Waals surface area (Å²) >= 11 is 1.31. The SMILES string of the molecule is CCc1ccc(C(=O)[C@H]2Sc3nnc(-c4ccccc4)n3N[C@H]2c2cccc([N+](=O)[O-])c2)cc1. The maximum Gasteiger partial charge on any atom is 0.269 e. The largest absolute Gasteiger partial charge is 0.313 e. The van der Waals surface area contributed by atoms with E-state index in [2.05, 4.69) is 22.5 Å². The molecule has 0 bridgehead atoms. The number of hydrogen-bond acceptors (Lipinski definition) is 7. The van der Waals surface area contributed by atoms with Gasteiger partial charge in [-0.05, 0) is 17.5 Å². The predicted octanol–water partition coefficient (Wildman–Crippen LogP) is 5.06. The van der Waals surface area contributed by atoms with Crippen LogP contribution in [0.4, 0.5) is 5.69 Å². The van der Waals surface area contributed by atoms with Crippen molar-refractivity contribution in [2.75, 3.05) is 5.43 Å². The summed E-state index contributed by atoms with van der Waals surface area (Å²) in [6.45, 7) is 2.06. The Labute approximate surface area is 200 Å². The van der Waals surface area contributed by atoms with Crippen molar-refractivity contribution in [3.8, 4) is 11.4 Å². The number of fused-ring (bicyclic) bond motifs is 1. The number of hydrogen-bond donors (Lipinski definition) is 1. The van der Waals surface area contributed by atoms with E-state index in [0.717, 1.165) is 17.5 Å². The highest BCUT2D eigenvalue weighted by Gasteiger charge is 2.38. The van der Waals surface area contributed by atoms with Crippen LogP contribution in [-0.2, 0) is 6.42 Å². The lowest BCUT2D eigenvalue weighted by molar-refractivity contribution is -0.384. The van der Waals surface area contributed by atoms with Gasteiger partial charge < -0.3 is 5.43 Å². The number of non-ortho nitro benzene ring substituents is 1. The smallest absolute Gasteiger partial charge is 0.269 e. The molecular weight excluding hydrogens is 450 g/mol. The number of nitrogens with zero attached hydrogens (tertiary/aromatic N) is 4. The number of Topliss-reactive ketones (excluding diaryl/α,β-unsaturated/α-hetero) is 1. The fourth-order valence-electron chi connectivity index (χ4n) is 3.98. The van der Waals surface area contributed by atoms with Gasteiger partial charge >= 0.3 is 0 Å². The molecular formula is C25H21N5O3S. The summed E-state index contributed by atoms with van der Waals surface area (Å²) in [5.74, 6) is 0.531. The number of aromatic nitrogens is 3. The van der Waals surface area contributed by atoms with Crippen molar-refractivity contribution in [2.45, 2.75) is 29.8 Å². The minimum atomic E-state index is -0.588. The Morgan fingerprint density at radius 1 is 1.06 bits per heavy atom. The molecule has 34 heavy (non-hydrogen) atoms. The molecule has 3 aromatic carbocycles. The van der Waals surface area contributed by atoms with Gasteiger partial charge in [-0.2, -0.15) is 0 Å². The summed E-state index contributed by atoms with van der Waals surface area (Å²) in [5.41, 5.74) is 6.59. The van der Waals surface area contributed by atoms with Crippen LogP contribution >= 0.6 is 11.8 Å². The van der Waals surface area contributed by atoms with Crippen LogP contribution in [0.15, 0.2) is 84.0 Å². The van der Waals surface area contributed by atoms with Gasteiger partial charge in [-0.3, -0.25) is 14.9 Å². The number of rotatable bonds is 6. The first-order valence-electron chi connectivity index (χ1n) is 10.9. The Morgan fingerprint density at radius 3 is 2.53 bits per heavy atom. The molecule has 0 saturated carbocycles. The molecule has 1 aliphatic rings. The molecule has 0 saturated heterocycles. The van der Waals surface area contributed by atoms with Crippen LogP contribution in [0.1, 0.15) is 34.5 Å². The number of benzene rings is 3. The molecule has 0 radical (unpaired) electrons. The first-order valence-corrected chi connectivity index (χ1v) is 11.7. The molecule has 1 aromatic heterocycles. The molecule has 0 amide bonds. The maximum atomic E-state index is 13.6. The van der Waals surface area contributed by atoms with Gasteiger partial charge in [0.2, 0.25) is 5.16 Å². The van der Waals surface area contributed by atoms with E-state index in [-0.39, 0.29) is 11.5 Å². The fraction of sp³-hybridized carbons (Fsp3) is 0.160. The summed E-state index contributed by atoms with van der Waals surface area (Å²) in [4.78, 5) is 24.6. The number of nitrogens with one attached hydrogen (secondary N) is 1. The molecule has 1 N–H and O–H groups in total. The molecule has 0 unspecified atom stereocenters. The van der Waals surface area contributed by atoms with Crippen molar-refractivity contribution >= 4 is 23.2 Å². The standard InChI is InChI=1S/C25H21N5O3S/c1-2-16-11-13-17(14-12-16)22(31)23-21(19-9-6-10-20(15-19)30(32)33)28-29-24(26-27-25(29)34-23)18-7-4-3-5-8-18/h3-15,21,23,28H,2H2,1H3/t21-,23-/m0/s1. The molecule has 170 valence electrons. The number of carbonyl (C=O) groups is 1. The number of ketones is 1. The zero-order chi connectivity index (χ0) is 23.7. The molecule has 9 heteroatoms. The summed E-state index contributed by atoms with van der Waals surface area (Å²) in [6, 6.07) is 23.0. The van der Waals surface area contributed by atoms with Crippen molar-refractivity contribution in [3.05, 3.63) is 106 Å². The minimum absolute atomic E-state index is 0.0272. The van der Waals surface area contributed by atoms with E-state index >= 15 is 0 Å². The summed E-state index contributed by atoms with van der Waals surface area (Å²) in [5, 5.41) is 20.0. The maximum absolute atomic E-state index is 13.6. The Bertz CT molecular complexity index is 1350. The van der Waals surface area contributed by atoms with Gasteiger partial charge in [0.1, 0.15) is 5.25 Å². The van der Waals surface area contributed by atoms with Crippen molar-refractivity contribution in [1.82, 2.24) is 14.9 Å². The van der Waals surface area contributed by atoms with Crippen LogP contribution in [-0.4, -0.2) is 30.8 Å². The number of nitro groups is 1. The first kappa shape index (κ1) is 21.8. The molecule has 0 fully saturated rings. The molecule has 8 nitrogen and oxygen atoms in total. The third kappa shape index (κ3) is 4.06. The van der Waals surface area contributed by atoms with E-state index in [0.29, 0.717) is 22.1 Å². The molecule has 5 rings (SSSR count). The lowest BCUT2D eigenvalue weighted by Gasteiger charge is -2.33. The first-order chi connectivity index (χ1) is 16.5. The van der Waals surface area contributed by atoms with Crippen LogP contribution in [0.2, 0.25) is 0 Å². The van der Waals surface area contributed by atoms with E-state index in [4.69, 9.17) is 0 Å². The van der Waals surface area contributed by atoms with Crippen LogP contribution < -0.4 is 5.43 Å². The average Bonchev–Trinajstić information content (AvgIpc) is 3.31. The molecule has 1 aliphatic heterocycles. The van der Waals surface area contributed by atoms with Crippen molar-refractivity contribution in [2.24, 2.45) is 0 Å². The molecule has 0 spiro atoms. The predicted molar refractivity (Wildman–Crippen MR) is 130 cm³/mol. The second-order valence-electron chi connectivity index (χ2n) is 7.92. The molecule has 0 aliphatic carbocycles. The van der Waals surface area contributed by atoms with Crippen molar-refractivity contribution < 1.29 is 9.72 Å². The van der Waals surface area contributed by atoms with Crippen LogP contribution in [0.25, 0.3) is 11.4 Å². The van der Waals surface area contributed by atoms with Crippen LogP contribution in [0.3, 0.4) is 0 Å². The number of aryl methyl sites for hydroxylation is 1. The normalized spacial score (nSPS) is 17.0. The van der Waals surface area contributed by atoms with E-state index < -0.39 is 16.2 Å². The van der Waals surface area contributed by atoms with E-state index in [9.17, 15) is 14.9 Å². The Balaban J connectivity index is 1.58. The Hall–Kier alpha value is -3.98. The monoisotopic (exact) mass is 471 g/mol. The quantitative estimate of drug-likeness (QED) is 0.238. The Kier molecular flexibility index (Phi) is 5.85. The lowest BCUT2D eigenvalue weighted by atomic mass is 9.96. The molecule has 2 heterocycles. The summed E-state index contributed by atoms with van der Waals surface area (Å²) in [6.07, 6.45) is 0.885. The number of thioether (sulfide) groups is 1. The topological polar surface area (TPSA) is 103 Å². The van der Waals surface area contributed by atoms with Gasteiger partial charge in [0, 0.05) is 23.3 Å². The van der Waals surface area contributed by atoms with Gasteiger partial charge in [0.05, 0.1) is 11.0 Å². The molecule has 4 aromatic rings. The average molecular weight is 472 g/mol. The van der Waals surface area contributed by atoms with Crippen molar-refractivity contribution in [1.29, 1.82) is 0 Å². The van der Waals surface area contributed by atoms with E-state index in [1.165, 1.54) is 23.9 Å². The second-order valence-corrected chi connectivity index (χ2v) is 9.03. The van der Waals surface area contributed by atoms with Gasteiger partial charge in [-0.25, -0.2) is 4.68 Å². The van der Waals surface area contributed by atoms with Gasteiger partial charge in [0.25, 0.3) is 5.69 Å². The highest BCUT2D eigenvalue weighted by molar-refractivity contribution is 8.00. The minimum Gasteiger partial charge on any atom is -0.313 e. The zero-order valence-electron chi connectivity index (χ0n) is 18.3. The third-order valence-electron chi connectivity index (χ3n) is 5.81. The van der Waals surface area contributed by atoms with Gasteiger partial charge in [-0.15, -0.1) is 10.2 Å². The fourth-order valence-corrected chi connectivity index (χ4v) is 5.14. The highest BCUT2D eigenvalue weighted by Crippen LogP contribution is 2.40. The van der Waals surface area contributed by atoms with E-state index in [1.54, 1.807) is 16.8 Å².